The van der Waals surface area contributed by atoms with Crippen LogP contribution in [-0.4, -0.2) is 11.1 Å². The first kappa shape index (κ1) is 12.7. The van der Waals surface area contributed by atoms with Crippen molar-refractivity contribution in [2.75, 3.05) is 0 Å². The van der Waals surface area contributed by atoms with Crippen LogP contribution in [0.25, 0.3) is 11.0 Å². The number of fused-ring (bicyclic) bond motifs is 1. The number of rotatable bonds is 2. The molecule has 3 nitrogen and oxygen atoms in total. The van der Waals surface area contributed by atoms with Gasteiger partial charge in [-0.15, -0.1) is 0 Å². The van der Waals surface area contributed by atoms with Gasteiger partial charge >= 0.3 is 5.97 Å². The molecule has 0 radical (unpaired) electrons. The molecule has 0 fully saturated rings. The van der Waals surface area contributed by atoms with Crippen LogP contribution in [0.2, 0.25) is 0 Å². The van der Waals surface area contributed by atoms with Crippen molar-refractivity contribution in [1.29, 1.82) is 0 Å². The maximum Gasteiger partial charge on any atom is 0.339 e. The van der Waals surface area contributed by atoms with Gasteiger partial charge in [0.1, 0.15) is 17.4 Å². The van der Waals surface area contributed by atoms with E-state index in [0.717, 1.165) is 17.5 Å². The number of carbonyl (C=O) groups is 1. The Morgan fingerprint density at radius 1 is 1.33 bits per heavy atom. The van der Waals surface area contributed by atoms with Crippen LogP contribution in [0.1, 0.15) is 49.2 Å². The quantitative estimate of drug-likeness (QED) is 0.871. The minimum atomic E-state index is -0.943. The Kier molecular flexibility index (Phi) is 2.93. The van der Waals surface area contributed by atoms with Crippen LogP contribution >= 0.6 is 0 Å². The van der Waals surface area contributed by atoms with Crippen molar-refractivity contribution in [1.82, 2.24) is 0 Å². The molecule has 0 atom stereocenters. The van der Waals surface area contributed by atoms with E-state index in [1.54, 1.807) is 0 Å². The highest BCUT2D eigenvalue weighted by Crippen LogP contribution is 2.34. The number of aryl methyl sites for hydroxylation is 1. The van der Waals surface area contributed by atoms with Gasteiger partial charge in [0, 0.05) is 10.9 Å². The summed E-state index contributed by atoms with van der Waals surface area (Å²) >= 11 is 0. The standard InChI is InChI=1S/C15H18O3/c1-5-9-6-10-11(14(16)17)8-18-13(10)12(7-9)15(2,3)4/h6-8H,5H2,1-4H3,(H,16,17). The lowest BCUT2D eigenvalue weighted by molar-refractivity contribution is 0.0698. The average Bonchev–Trinajstić information content (AvgIpc) is 2.69. The lowest BCUT2D eigenvalue weighted by atomic mass is 9.84. The summed E-state index contributed by atoms with van der Waals surface area (Å²) < 4.78 is 5.49. The summed E-state index contributed by atoms with van der Waals surface area (Å²) in [5.41, 5.74) is 3.06. The van der Waals surface area contributed by atoms with Gasteiger partial charge in [0.2, 0.25) is 0 Å². The minimum Gasteiger partial charge on any atom is -0.478 e. The fourth-order valence-corrected chi connectivity index (χ4v) is 2.12. The zero-order valence-electron chi connectivity index (χ0n) is 11.2. The SMILES string of the molecule is CCc1cc(C(C)(C)C)c2occ(C(=O)O)c2c1. The molecule has 0 aliphatic heterocycles. The summed E-state index contributed by atoms with van der Waals surface area (Å²) in [5.74, 6) is -0.943. The van der Waals surface area contributed by atoms with Crippen LogP contribution < -0.4 is 0 Å². The maximum atomic E-state index is 11.2. The highest BCUT2D eigenvalue weighted by atomic mass is 16.4. The average molecular weight is 246 g/mol. The Morgan fingerprint density at radius 3 is 2.50 bits per heavy atom. The summed E-state index contributed by atoms with van der Waals surface area (Å²) in [4.78, 5) is 11.2. The zero-order valence-corrected chi connectivity index (χ0v) is 11.2. The second-order valence-electron chi connectivity index (χ2n) is 5.58. The third kappa shape index (κ3) is 2.01. The largest absolute Gasteiger partial charge is 0.478 e. The molecule has 0 aliphatic rings. The molecule has 1 N–H and O–H groups in total. The molecule has 96 valence electrons. The number of hydrogen-bond donors (Lipinski definition) is 1. The van der Waals surface area contributed by atoms with Gasteiger partial charge in [0.15, 0.2) is 0 Å². The summed E-state index contributed by atoms with van der Waals surface area (Å²) in [6.07, 6.45) is 2.21. The predicted molar refractivity (Wildman–Crippen MR) is 71.3 cm³/mol. The molecule has 0 amide bonds. The molecule has 1 heterocycles. The Morgan fingerprint density at radius 2 is 2.00 bits per heavy atom. The van der Waals surface area contributed by atoms with Gasteiger partial charge in [-0.2, -0.15) is 0 Å². The number of hydrogen-bond acceptors (Lipinski definition) is 2. The number of aromatic carboxylic acids is 1. The molecule has 2 rings (SSSR count). The van der Waals surface area contributed by atoms with Gasteiger partial charge in [-0.1, -0.05) is 33.8 Å². The van der Waals surface area contributed by atoms with Crippen molar-refractivity contribution >= 4 is 16.9 Å². The molecule has 0 aliphatic carbocycles. The van der Waals surface area contributed by atoms with Gasteiger partial charge < -0.3 is 9.52 Å². The van der Waals surface area contributed by atoms with E-state index in [9.17, 15) is 4.79 Å². The van der Waals surface area contributed by atoms with Crippen LogP contribution in [0, 0.1) is 0 Å². The maximum absolute atomic E-state index is 11.2. The topological polar surface area (TPSA) is 50.4 Å². The van der Waals surface area contributed by atoms with Crippen molar-refractivity contribution < 1.29 is 14.3 Å². The van der Waals surface area contributed by atoms with Crippen molar-refractivity contribution in [3.63, 3.8) is 0 Å². The van der Waals surface area contributed by atoms with Crippen LogP contribution in [0.3, 0.4) is 0 Å². The highest BCUT2D eigenvalue weighted by Gasteiger charge is 2.23. The van der Waals surface area contributed by atoms with Crippen molar-refractivity contribution in [3.05, 3.63) is 35.1 Å². The molecular formula is C15H18O3. The van der Waals surface area contributed by atoms with Gasteiger partial charge in [0.25, 0.3) is 0 Å². The molecule has 0 unspecified atom stereocenters. The first-order valence-corrected chi connectivity index (χ1v) is 6.12. The molecule has 0 saturated carbocycles. The van der Waals surface area contributed by atoms with Gasteiger partial charge in [-0.05, 0) is 23.5 Å². The third-order valence-corrected chi connectivity index (χ3v) is 3.18. The second kappa shape index (κ2) is 4.16. The molecule has 0 spiro atoms. The summed E-state index contributed by atoms with van der Waals surface area (Å²) in [5, 5.41) is 9.87. The highest BCUT2D eigenvalue weighted by molar-refractivity contribution is 6.03. The Balaban J connectivity index is 2.83. The third-order valence-electron chi connectivity index (χ3n) is 3.18. The first-order valence-electron chi connectivity index (χ1n) is 6.12. The van der Waals surface area contributed by atoms with E-state index < -0.39 is 5.97 Å². The normalized spacial score (nSPS) is 12.0. The van der Waals surface area contributed by atoms with Crippen molar-refractivity contribution in [2.45, 2.75) is 39.5 Å². The van der Waals surface area contributed by atoms with Gasteiger partial charge in [-0.3, -0.25) is 0 Å². The first-order chi connectivity index (χ1) is 8.34. The molecule has 0 saturated heterocycles. The van der Waals surface area contributed by atoms with E-state index in [1.807, 2.05) is 6.07 Å². The molecule has 0 bridgehead atoms. The number of benzene rings is 1. The number of furan rings is 1. The lowest BCUT2D eigenvalue weighted by Crippen LogP contribution is -2.12. The minimum absolute atomic E-state index is 0.0724. The molecule has 1 aromatic carbocycles. The van der Waals surface area contributed by atoms with E-state index in [-0.39, 0.29) is 11.0 Å². The van der Waals surface area contributed by atoms with E-state index in [2.05, 4.69) is 33.8 Å². The molecule has 2 aromatic rings. The van der Waals surface area contributed by atoms with E-state index in [1.165, 1.54) is 6.26 Å². The predicted octanol–water partition coefficient (Wildman–Crippen LogP) is 3.99. The smallest absolute Gasteiger partial charge is 0.339 e. The summed E-state index contributed by atoms with van der Waals surface area (Å²) in [6, 6.07) is 4.02. The summed E-state index contributed by atoms with van der Waals surface area (Å²) in [7, 11) is 0. The Bertz CT molecular complexity index is 600. The Labute approximate surface area is 106 Å². The molecule has 3 heteroatoms. The van der Waals surface area contributed by atoms with E-state index in [0.29, 0.717) is 11.0 Å². The Hall–Kier alpha value is -1.77. The fraction of sp³-hybridized carbons (Fsp3) is 0.400. The molecular weight excluding hydrogens is 228 g/mol. The van der Waals surface area contributed by atoms with E-state index in [4.69, 9.17) is 9.52 Å². The van der Waals surface area contributed by atoms with Crippen molar-refractivity contribution in [3.8, 4) is 0 Å². The van der Waals surface area contributed by atoms with Crippen LogP contribution in [0.4, 0.5) is 0 Å². The summed E-state index contributed by atoms with van der Waals surface area (Å²) in [6.45, 7) is 8.37. The van der Waals surface area contributed by atoms with E-state index >= 15 is 0 Å². The van der Waals surface area contributed by atoms with Gasteiger partial charge in [0.05, 0.1) is 0 Å². The van der Waals surface area contributed by atoms with Gasteiger partial charge in [-0.25, -0.2) is 4.79 Å². The molecule has 1 aromatic heterocycles. The lowest BCUT2D eigenvalue weighted by Gasteiger charge is -2.20. The van der Waals surface area contributed by atoms with Crippen molar-refractivity contribution in [2.24, 2.45) is 0 Å². The van der Waals surface area contributed by atoms with Crippen LogP contribution in [0.5, 0.6) is 0 Å². The second-order valence-corrected chi connectivity index (χ2v) is 5.58. The van der Waals surface area contributed by atoms with Crippen LogP contribution in [-0.2, 0) is 11.8 Å². The monoisotopic (exact) mass is 246 g/mol. The zero-order chi connectivity index (χ0) is 13.5. The number of carboxylic acids is 1. The van der Waals surface area contributed by atoms with Crippen LogP contribution in [0.15, 0.2) is 22.8 Å². The number of carboxylic acid groups (broad SMARTS) is 1. The molecule has 18 heavy (non-hydrogen) atoms. The fourth-order valence-electron chi connectivity index (χ4n) is 2.12.